The first-order valence-corrected chi connectivity index (χ1v) is 11.3. The minimum Gasteiger partial charge on any atom is -0.378 e. The largest absolute Gasteiger partial charge is 0.378 e. The number of fused-ring (bicyclic) bond motifs is 2. The molecule has 5 rings (SSSR count). The zero-order valence-corrected chi connectivity index (χ0v) is 18.8. The normalized spacial score (nSPS) is 20.2. The van der Waals surface area contributed by atoms with Gasteiger partial charge in [0.1, 0.15) is 0 Å². The lowest BCUT2D eigenvalue weighted by Crippen LogP contribution is -2.58. The average Bonchev–Trinajstić information content (AvgIpc) is 2.85. The molecular weight excluding hydrogens is 426 g/mol. The Morgan fingerprint density at radius 1 is 1.12 bits per heavy atom. The van der Waals surface area contributed by atoms with Crippen molar-refractivity contribution in [1.29, 1.82) is 0 Å². The first kappa shape index (κ1) is 21.9. The van der Waals surface area contributed by atoms with E-state index in [1.54, 1.807) is 6.07 Å². The molecule has 0 radical (unpaired) electrons. The summed E-state index contributed by atoms with van der Waals surface area (Å²) in [6.07, 6.45) is -0.602. The fraction of sp³-hybridized carbons (Fsp3) is 0.458. The Morgan fingerprint density at radius 2 is 1.97 bits per heavy atom. The first-order chi connectivity index (χ1) is 16.0. The molecule has 1 aromatic carbocycles. The van der Waals surface area contributed by atoms with E-state index in [-0.39, 0.29) is 11.6 Å². The third-order valence-electron chi connectivity index (χ3n) is 6.59. The van der Waals surface area contributed by atoms with Crippen molar-refractivity contribution < 1.29 is 13.5 Å². The second-order valence-electron chi connectivity index (χ2n) is 8.77. The van der Waals surface area contributed by atoms with Gasteiger partial charge in [0, 0.05) is 37.1 Å². The fourth-order valence-corrected chi connectivity index (χ4v) is 4.66. The molecule has 0 bridgehead atoms. The van der Waals surface area contributed by atoms with E-state index in [0.717, 1.165) is 67.2 Å². The predicted molar refractivity (Wildman–Crippen MR) is 124 cm³/mol. The Morgan fingerprint density at radius 3 is 2.82 bits per heavy atom. The number of hydrogen-bond acceptors (Lipinski definition) is 7. The van der Waals surface area contributed by atoms with Crippen molar-refractivity contribution in [2.24, 2.45) is 0 Å². The third-order valence-corrected chi connectivity index (χ3v) is 6.59. The molecule has 0 saturated carbocycles. The van der Waals surface area contributed by atoms with E-state index in [4.69, 9.17) is 9.72 Å². The van der Waals surface area contributed by atoms with Gasteiger partial charge >= 0.3 is 0 Å². The van der Waals surface area contributed by atoms with Gasteiger partial charge in [-0.1, -0.05) is 18.2 Å². The van der Waals surface area contributed by atoms with E-state index in [2.05, 4.69) is 31.4 Å². The van der Waals surface area contributed by atoms with E-state index < -0.39 is 6.43 Å². The number of piperazine rings is 1. The molecule has 7 nitrogen and oxygen atoms in total. The lowest BCUT2D eigenvalue weighted by Gasteiger charge is -2.44. The van der Waals surface area contributed by atoms with E-state index in [0.29, 0.717) is 11.9 Å². The van der Waals surface area contributed by atoms with Crippen LogP contribution in [0.25, 0.3) is 10.9 Å². The van der Waals surface area contributed by atoms with Crippen LogP contribution in [0.1, 0.15) is 36.2 Å². The van der Waals surface area contributed by atoms with Crippen LogP contribution in [0, 0.1) is 6.92 Å². The van der Waals surface area contributed by atoms with Gasteiger partial charge in [-0.2, -0.15) is 5.10 Å². The Hall–Kier alpha value is -2.91. The molecule has 9 heteroatoms. The highest BCUT2D eigenvalue weighted by atomic mass is 19.3. The molecule has 2 aliphatic rings. The summed E-state index contributed by atoms with van der Waals surface area (Å²) in [6.45, 7) is 9.19. The molecule has 0 aliphatic carbocycles. The van der Waals surface area contributed by atoms with E-state index in [1.807, 2.05) is 26.1 Å². The summed E-state index contributed by atoms with van der Waals surface area (Å²) >= 11 is 0. The minimum atomic E-state index is -2.50. The van der Waals surface area contributed by atoms with Gasteiger partial charge < -0.3 is 15.0 Å². The highest BCUT2D eigenvalue weighted by Crippen LogP contribution is 2.30. The zero-order chi connectivity index (χ0) is 22.9. The zero-order valence-electron chi connectivity index (χ0n) is 18.8. The molecule has 2 fully saturated rings. The molecule has 33 heavy (non-hydrogen) atoms. The Balaban J connectivity index is 1.43. The number of alkyl halides is 2. The summed E-state index contributed by atoms with van der Waals surface area (Å²) in [7, 11) is 0. The molecule has 174 valence electrons. The highest BCUT2D eigenvalue weighted by molar-refractivity contribution is 5.92. The lowest BCUT2D eigenvalue weighted by molar-refractivity contribution is -0.0116. The second-order valence-corrected chi connectivity index (χ2v) is 8.77. The number of aryl methyl sites for hydroxylation is 1. The quantitative estimate of drug-likeness (QED) is 0.626. The summed E-state index contributed by atoms with van der Waals surface area (Å²) in [5, 5.41) is 12.9. The predicted octanol–water partition coefficient (Wildman–Crippen LogP) is 3.96. The average molecular weight is 455 g/mol. The van der Waals surface area contributed by atoms with Crippen LogP contribution in [0.3, 0.4) is 0 Å². The van der Waals surface area contributed by atoms with Crippen LogP contribution in [0.4, 0.5) is 20.3 Å². The van der Waals surface area contributed by atoms with Gasteiger partial charge in [-0.15, -0.1) is 5.10 Å². The SMILES string of the molecule is Cc1nnc(N[C@H](C)c2cccc(C(F)F)c2)c2cc(N3CCN4CCOC[C@@H]4C3)cnc12. The van der Waals surface area contributed by atoms with Gasteiger partial charge in [-0.25, -0.2) is 8.78 Å². The molecule has 2 atom stereocenters. The molecular formula is C24H28F2N6O. The number of halogens is 2. The summed E-state index contributed by atoms with van der Waals surface area (Å²) in [5.41, 5.74) is 3.34. The molecule has 2 saturated heterocycles. The van der Waals surface area contributed by atoms with Gasteiger partial charge in [0.25, 0.3) is 6.43 Å². The maximum absolute atomic E-state index is 13.1. The van der Waals surface area contributed by atoms with Crippen molar-refractivity contribution in [3.05, 3.63) is 53.3 Å². The number of rotatable bonds is 5. The molecule has 2 aliphatic heterocycles. The van der Waals surface area contributed by atoms with Crippen LogP contribution in [0.2, 0.25) is 0 Å². The van der Waals surface area contributed by atoms with E-state index in [1.165, 1.54) is 12.1 Å². The van der Waals surface area contributed by atoms with Crippen LogP contribution in [0.15, 0.2) is 36.5 Å². The van der Waals surface area contributed by atoms with Crippen molar-refractivity contribution in [3.8, 4) is 0 Å². The van der Waals surface area contributed by atoms with Gasteiger partial charge in [-0.05, 0) is 31.5 Å². The Labute approximate surface area is 191 Å². The smallest absolute Gasteiger partial charge is 0.263 e. The van der Waals surface area contributed by atoms with Crippen LogP contribution in [0.5, 0.6) is 0 Å². The molecule has 2 aromatic heterocycles. The number of benzene rings is 1. The van der Waals surface area contributed by atoms with Gasteiger partial charge in [-0.3, -0.25) is 9.88 Å². The maximum Gasteiger partial charge on any atom is 0.263 e. The number of ether oxygens (including phenoxy) is 1. The van der Waals surface area contributed by atoms with Crippen molar-refractivity contribution in [3.63, 3.8) is 0 Å². The Kier molecular flexibility index (Phi) is 6.07. The van der Waals surface area contributed by atoms with E-state index >= 15 is 0 Å². The summed E-state index contributed by atoms with van der Waals surface area (Å²) in [6, 6.07) is 8.73. The summed E-state index contributed by atoms with van der Waals surface area (Å²) in [4.78, 5) is 9.55. The minimum absolute atomic E-state index is 0.00999. The van der Waals surface area contributed by atoms with Crippen LogP contribution >= 0.6 is 0 Å². The molecule has 1 N–H and O–H groups in total. The molecule has 0 amide bonds. The topological polar surface area (TPSA) is 66.4 Å². The van der Waals surface area contributed by atoms with Gasteiger partial charge in [0.15, 0.2) is 5.82 Å². The van der Waals surface area contributed by atoms with Crippen molar-refractivity contribution >= 4 is 22.4 Å². The summed E-state index contributed by atoms with van der Waals surface area (Å²) < 4.78 is 32.0. The number of nitrogens with one attached hydrogen (secondary N) is 1. The number of morpholine rings is 1. The lowest BCUT2D eigenvalue weighted by atomic mass is 10.0. The molecule has 4 heterocycles. The number of hydrogen-bond donors (Lipinski definition) is 1. The molecule has 3 aromatic rings. The van der Waals surface area contributed by atoms with Gasteiger partial charge in [0.2, 0.25) is 0 Å². The second kappa shape index (κ2) is 9.15. The van der Waals surface area contributed by atoms with Crippen LogP contribution in [-0.4, -0.2) is 65.5 Å². The van der Waals surface area contributed by atoms with Crippen LogP contribution in [-0.2, 0) is 4.74 Å². The van der Waals surface area contributed by atoms with Crippen molar-refractivity contribution in [2.45, 2.75) is 32.4 Å². The highest BCUT2D eigenvalue weighted by Gasteiger charge is 2.30. The fourth-order valence-electron chi connectivity index (χ4n) is 4.66. The maximum atomic E-state index is 13.1. The van der Waals surface area contributed by atoms with Crippen molar-refractivity contribution in [1.82, 2.24) is 20.1 Å². The standard InChI is InChI=1S/C24H28F2N6O/c1-15(17-4-3-5-18(10-17)23(25)26)28-24-21-11-19(12-27-22(21)16(2)29-30-24)32-7-6-31-8-9-33-14-20(31)13-32/h3-5,10-12,15,20,23H,6-9,13-14H2,1-2H3,(H,28,30)/t15-,20+/m1/s1. The number of pyridine rings is 1. The first-order valence-electron chi connectivity index (χ1n) is 11.3. The number of aromatic nitrogens is 3. The van der Waals surface area contributed by atoms with Crippen molar-refractivity contribution in [2.75, 3.05) is 49.6 Å². The molecule has 0 unspecified atom stereocenters. The monoisotopic (exact) mass is 454 g/mol. The van der Waals surface area contributed by atoms with Gasteiger partial charge in [0.05, 0.1) is 48.4 Å². The van der Waals surface area contributed by atoms with Crippen LogP contribution < -0.4 is 10.2 Å². The molecule has 0 spiro atoms. The number of anilines is 2. The summed E-state index contributed by atoms with van der Waals surface area (Å²) in [5.74, 6) is 0.597. The number of nitrogens with zero attached hydrogens (tertiary/aromatic N) is 5. The Bertz CT molecular complexity index is 1140. The third kappa shape index (κ3) is 4.47. The van der Waals surface area contributed by atoms with E-state index in [9.17, 15) is 8.78 Å².